The van der Waals surface area contributed by atoms with Crippen LogP contribution in [0, 0.1) is 12.8 Å². The molecule has 5 heteroatoms. The van der Waals surface area contributed by atoms with Gasteiger partial charge >= 0.3 is 0 Å². The molecular weight excluding hydrogens is 366 g/mol. The number of aliphatic carboxylic acids is 1. The number of hydrogen-bond acceptors (Lipinski definition) is 4. The van der Waals surface area contributed by atoms with Crippen molar-refractivity contribution in [1.29, 1.82) is 0 Å². The van der Waals surface area contributed by atoms with E-state index < -0.39 is 5.97 Å². The number of carbonyl (C=O) groups is 2. The molecule has 0 spiro atoms. The lowest BCUT2D eigenvalue weighted by Gasteiger charge is -2.13. The van der Waals surface area contributed by atoms with Crippen LogP contribution in [0.4, 0.5) is 0 Å². The lowest BCUT2D eigenvalue weighted by Crippen LogP contribution is -2.35. The minimum Gasteiger partial charge on any atom is -0.543 e. The van der Waals surface area contributed by atoms with E-state index in [0.717, 1.165) is 30.6 Å². The predicted octanol–water partition coefficient (Wildman–Crippen LogP) is 3.96. The molecule has 0 radical (unpaired) electrons. The van der Waals surface area contributed by atoms with Crippen LogP contribution < -0.4 is 15.2 Å². The second kappa shape index (κ2) is 9.92. The Labute approximate surface area is 171 Å². The van der Waals surface area contributed by atoms with Gasteiger partial charge in [-0.2, -0.15) is 0 Å². The van der Waals surface area contributed by atoms with Gasteiger partial charge in [-0.1, -0.05) is 56.0 Å². The third-order valence-electron chi connectivity index (χ3n) is 5.26. The van der Waals surface area contributed by atoms with E-state index in [2.05, 4.69) is 5.32 Å². The highest BCUT2D eigenvalue weighted by Gasteiger charge is 2.16. The van der Waals surface area contributed by atoms with Crippen LogP contribution in [0.25, 0.3) is 6.08 Å². The van der Waals surface area contributed by atoms with Gasteiger partial charge < -0.3 is 20.0 Å². The third kappa shape index (κ3) is 6.21. The van der Waals surface area contributed by atoms with Crippen molar-refractivity contribution in [3.63, 3.8) is 0 Å². The van der Waals surface area contributed by atoms with Crippen molar-refractivity contribution in [1.82, 2.24) is 5.32 Å². The SMILES string of the molecule is Cc1ccccc1Oc1ccc(/C=C(/NC(=O)CCC2CCCC2)C(=O)[O-])cc1. The molecule has 0 atom stereocenters. The standard InChI is InChI=1S/C24H27NO4/c1-17-6-2-5-9-22(17)29-20-13-10-19(11-14-20)16-21(24(27)28)25-23(26)15-12-18-7-3-4-8-18/h2,5-6,9-11,13-14,16,18H,3-4,7-8,12,15H2,1H3,(H,25,26)(H,27,28)/p-1/b21-16+. The molecule has 3 rings (SSSR count). The monoisotopic (exact) mass is 392 g/mol. The van der Waals surface area contributed by atoms with Gasteiger partial charge in [0.1, 0.15) is 11.5 Å². The molecule has 0 bridgehead atoms. The third-order valence-corrected chi connectivity index (χ3v) is 5.26. The Morgan fingerprint density at radius 2 is 1.79 bits per heavy atom. The van der Waals surface area contributed by atoms with Gasteiger partial charge in [0.15, 0.2) is 0 Å². The van der Waals surface area contributed by atoms with E-state index in [1.807, 2.05) is 31.2 Å². The summed E-state index contributed by atoms with van der Waals surface area (Å²) < 4.78 is 5.84. The Morgan fingerprint density at radius 3 is 2.45 bits per heavy atom. The average molecular weight is 392 g/mol. The number of carbonyl (C=O) groups excluding carboxylic acids is 2. The smallest absolute Gasteiger partial charge is 0.224 e. The number of hydrogen-bond donors (Lipinski definition) is 1. The van der Waals surface area contributed by atoms with Gasteiger partial charge in [0, 0.05) is 6.42 Å². The molecule has 0 heterocycles. The molecule has 1 aliphatic carbocycles. The molecule has 1 N–H and O–H groups in total. The Hall–Kier alpha value is -3.08. The van der Waals surface area contributed by atoms with Crippen LogP contribution in [0.2, 0.25) is 0 Å². The Kier molecular flexibility index (Phi) is 7.06. The molecular formula is C24H26NO4-. The molecule has 5 nitrogen and oxygen atoms in total. The Balaban J connectivity index is 1.61. The number of aryl methyl sites for hydroxylation is 1. The van der Waals surface area contributed by atoms with Gasteiger partial charge in [0.05, 0.1) is 11.7 Å². The number of para-hydroxylation sites is 1. The average Bonchev–Trinajstić information content (AvgIpc) is 3.23. The summed E-state index contributed by atoms with van der Waals surface area (Å²) in [5, 5.41) is 13.9. The fourth-order valence-electron chi connectivity index (χ4n) is 3.59. The van der Waals surface area contributed by atoms with Gasteiger partial charge in [-0.05, 0) is 54.7 Å². The molecule has 2 aromatic rings. The second-order valence-electron chi connectivity index (χ2n) is 7.52. The van der Waals surface area contributed by atoms with Crippen LogP contribution in [0.5, 0.6) is 11.5 Å². The Bertz CT molecular complexity index is 880. The van der Waals surface area contributed by atoms with Crippen molar-refractivity contribution in [2.24, 2.45) is 5.92 Å². The number of nitrogens with one attached hydrogen (secondary N) is 1. The summed E-state index contributed by atoms with van der Waals surface area (Å²) in [6.07, 6.45) is 7.30. The molecule has 1 aliphatic rings. The second-order valence-corrected chi connectivity index (χ2v) is 7.52. The van der Waals surface area contributed by atoms with Crippen molar-refractivity contribution in [2.75, 3.05) is 0 Å². The summed E-state index contributed by atoms with van der Waals surface area (Å²) in [6, 6.07) is 14.7. The van der Waals surface area contributed by atoms with Crippen LogP contribution >= 0.6 is 0 Å². The highest BCUT2D eigenvalue weighted by molar-refractivity contribution is 5.95. The summed E-state index contributed by atoms with van der Waals surface area (Å²) in [4.78, 5) is 23.6. The van der Waals surface area contributed by atoms with E-state index in [1.54, 1.807) is 24.3 Å². The normalized spacial score (nSPS) is 14.6. The highest BCUT2D eigenvalue weighted by atomic mass is 16.5. The first-order chi connectivity index (χ1) is 14.0. The summed E-state index contributed by atoms with van der Waals surface area (Å²) in [6.45, 7) is 1.97. The van der Waals surface area contributed by atoms with Gasteiger partial charge in [-0.3, -0.25) is 4.79 Å². The highest BCUT2D eigenvalue weighted by Crippen LogP contribution is 2.28. The first-order valence-corrected chi connectivity index (χ1v) is 10.1. The van der Waals surface area contributed by atoms with E-state index >= 15 is 0 Å². The summed E-state index contributed by atoms with van der Waals surface area (Å²) >= 11 is 0. The van der Waals surface area contributed by atoms with Crippen LogP contribution in [0.15, 0.2) is 54.2 Å². The number of rotatable bonds is 8. The molecule has 1 saturated carbocycles. The van der Waals surface area contributed by atoms with Gasteiger partial charge in [0.25, 0.3) is 0 Å². The minimum absolute atomic E-state index is 0.228. The van der Waals surface area contributed by atoms with Crippen LogP contribution in [-0.4, -0.2) is 11.9 Å². The molecule has 0 aliphatic heterocycles. The maximum Gasteiger partial charge on any atom is 0.224 e. The number of carboxylic acid groups (broad SMARTS) is 1. The number of benzene rings is 2. The quantitative estimate of drug-likeness (QED) is 0.690. The molecule has 152 valence electrons. The van der Waals surface area contributed by atoms with Crippen LogP contribution in [0.3, 0.4) is 0 Å². The maximum atomic E-state index is 12.1. The maximum absolute atomic E-state index is 12.1. The van der Waals surface area contributed by atoms with Crippen molar-refractivity contribution < 1.29 is 19.4 Å². The molecule has 0 aromatic heterocycles. The Morgan fingerprint density at radius 1 is 1.10 bits per heavy atom. The molecule has 1 amide bonds. The first kappa shape index (κ1) is 20.6. The lowest BCUT2D eigenvalue weighted by molar-refractivity contribution is -0.299. The van der Waals surface area contributed by atoms with Gasteiger partial charge in [0.2, 0.25) is 5.91 Å². The van der Waals surface area contributed by atoms with E-state index in [1.165, 1.54) is 18.9 Å². The number of amides is 1. The van der Waals surface area contributed by atoms with Crippen LogP contribution in [0.1, 0.15) is 49.7 Å². The molecule has 0 saturated heterocycles. The largest absolute Gasteiger partial charge is 0.543 e. The van der Waals surface area contributed by atoms with Crippen molar-refractivity contribution in [2.45, 2.75) is 45.4 Å². The van der Waals surface area contributed by atoms with E-state index in [0.29, 0.717) is 23.7 Å². The summed E-state index contributed by atoms with van der Waals surface area (Å²) in [5.41, 5.74) is 1.43. The zero-order valence-electron chi connectivity index (χ0n) is 16.6. The van der Waals surface area contributed by atoms with E-state index in [4.69, 9.17) is 4.74 Å². The topological polar surface area (TPSA) is 78.5 Å². The summed E-state index contributed by atoms with van der Waals surface area (Å²) in [7, 11) is 0. The van der Waals surface area contributed by atoms with Crippen molar-refractivity contribution >= 4 is 18.0 Å². The first-order valence-electron chi connectivity index (χ1n) is 10.1. The molecule has 2 aromatic carbocycles. The zero-order chi connectivity index (χ0) is 20.6. The molecule has 29 heavy (non-hydrogen) atoms. The van der Waals surface area contributed by atoms with Crippen molar-refractivity contribution in [3.8, 4) is 11.5 Å². The van der Waals surface area contributed by atoms with Crippen molar-refractivity contribution in [3.05, 3.63) is 65.4 Å². The fraction of sp³-hybridized carbons (Fsp3) is 0.333. The van der Waals surface area contributed by atoms with Gasteiger partial charge in [-0.15, -0.1) is 0 Å². The minimum atomic E-state index is -1.40. The molecule has 1 fully saturated rings. The fourth-order valence-corrected chi connectivity index (χ4v) is 3.59. The number of ether oxygens (including phenoxy) is 1. The van der Waals surface area contributed by atoms with Crippen LogP contribution in [-0.2, 0) is 9.59 Å². The lowest BCUT2D eigenvalue weighted by atomic mass is 10.0. The predicted molar refractivity (Wildman–Crippen MR) is 110 cm³/mol. The zero-order valence-corrected chi connectivity index (χ0v) is 16.6. The van der Waals surface area contributed by atoms with E-state index in [9.17, 15) is 14.7 Å². The summed E-state index contributed by atoms with van der Waals surface area (Å²) in [5.74, 6) is 0.302. The molecule has 0 unspecified atom stereocenters. The van der Waals surface area contributed by atoms with E-state index in [-0.39, 0.29) is 11.6 Å². The number of carboxylic acids is 1. The van der Waals surface area contributed by atoms with Gasteiger partial charge in [-0.25, -0.2) is 0 Å².